The van der Waals surface area contributed by atoms with Crippen molar-refractivity contribution in [1.29, 1.82) is 0 Å². The second-order valence-electron chi connectivity index (χ2n) is 15.1. The molecule has 0 aliphatic rings. The fourth-order valence-corrected chi connectivity index (χ4v) is 16.4. The van der Waals surface area contributed by atoms with E-state index in [1.807, 2.05) is 13.8 Å². The van der Waals surface area contributed by atoms with Gasteiger partial charge in [-0.2, -0.15) is 16.8 Å². The van der Waals surface area contributed by atoms with Gasteiger partial charge in [0.15, 0.2) is 0 Å². The molecule has 14 nitrogen and oxygen atoms in total. The van der Waals surface area contributed by atoms with E-state index in [-0.39, 0.29) is 39.2 Å². The third kappa shape index (κ3) is 12.8. The van der Waals surface area contributed by atoms with Crippen molar-refractivity contribution in [2.45, 2.75) is 72.6 Å². The number of benzene rings is 8. The molecule has 71 heavy (non-hydrogen) atoms. The van der Waals surface area contributed by atoms with Crippen molar-refractivity contribution in [3.05, 3.63) is 217 Å². The molecule has 0 radical (unpaired) electrons. The summed E-state index contributed by atoms with van der Waals surface area (Å²) in [5.74, 6) is 0. The minimum atomic E-state index is -4.56. The summed E-state index contributed by atoms with van der Waals surface area (Å²) in [6.45, 7) is 3.68. The molecule has 0 amide bonds. The Morgan fingerprint density at radius 3 is 0.789 bits per heavy atom. The van der Waals surface area contributed by atoms with Gasteiger partial charge in [-0.25, -0.2) is 33.7 Å². The van der Waals surface area contributed by atoms with Crippen molar-refractivity contribution < 1.29 is 59.6 Å². The Balaban J connectivity index is 0.000000306. The van der Waals surface area contributed by atoms with Gasteiger partial charge < -0.3 is 0 Å². The van der Waals surface area contributed by atoms with Crippen LogP contribution in [0.1, 0.15) is 11.1 Å². The molecule has 0 spiro atoms. The van der Waals surface area contributed by atoms with E-state index in [9.17, 15) is 50.5 Å². The van der Waals surface area contributed by atoms with Crippen molar-refractivity contribution in [1.82, 2.24) is 0 Å². The summed E-state index contributed by atoms with van der Waals surface area (Å²) < 4.78 is 173. The lowest BCUT2D eigenvalue weighted by molar-refractivity contribution is 0.481. The SMILES string of the molecule is Cc1ccc(S(=O)(=O)O)cc1.Cc1ccc(S(=O)(=O)O)cc1.O=S(=O)(c1ccccc1)c1cccc(Sc2cccc(S(=O)(=O)c3ccccc3)c2S(=O)(=O)c2ccccc2)c1S(=O)(=O)c1ccccc1. The zero-order valence-corrected chi connectivity index (χ0v) is 43.0. The first-order chi connectivity index (χ1) is 33.4. The summed E-state index contributed by atoms with van der Waals surface area (Å²) in [6.07, 6.45) is 0. The number of aryl methyl sites for hydroxylation is 2. The molecule has 0 saturated heterocycles. The normalized spacial score (nSPS) is 12.1. The molecule has 0 heterocycles. The van der Waals surface area contributed by atoms with Crippen LogP contribution < -0.4 is 0 Å². The minimum absolute atomic E-state index is 0.0666. The Bertz CT molecular complexity index is 3600. The Kier molecular flexibility index (Phi) is 16.8. The molecule has 2 N–H and O–H groups in total. The third-order valence-corrected chi connectivity index (χ3v) is 20.8. The largest absolute Gasteiger partial charge is 0.294 e. The molecule has 0 aliphatic carbocycles. The van der Waals surface area contributed by atoms with Gasteiger partial charge in [0.25, 0.3) is 20.2 Å². The standard InChI is InChI=1S/C36H26O8S5.2C7H8O3S/c37-46(38,27-15-5-1-6-16-27)33-25-13-23-31(35(33)48(41,42)29-19-9-3-10-20-29)45-32-24-14-26-34(47(39,40)28-17-7-2-8-18-28)36(32)49(43,44)30-21-11-4-12-22-30;2*1-6-2-4-7(5-3-6)11(8,9)10/h1-26H;2*2-5H,1H3,(H,8,9,10). The molecule has 0 saturated carbocycles. The van der Waals surface area contributed by atoms with Gasteiger partial charge in [0, 0.05) is 9.79 Å². The predicted octanol–water partition coefficient (Wildman–Crippen LogP) is 9.65. The average Bonchev–Trinajstić information content (AvgIpc) is 3.35. The third-order valence-electron chi connectivity index (χ3n) is 10.1. The Hall–Kier alpha value is -6.27. The Morgan fingerprint density at radius 2 is 0.535 bits per heavy atom. The first-order valence-corrected chi connectivity index (χ1v) is 30.2. The Labute approximate surface area is 417 Å². The smallest absolute Gasteiger partial charge is 0.282 e. The number of hydrogen-bond donors (Lipinski definition) is 2. The van der Waals surface area contributed by atoms with Gasteiger partial charge in [0.1, 0.15) is 9.79 Å². The van der Waals surface area contributed by atoms with Crippen LogP contribution in [0, 0.1) is 13.8 Å². The summed E-state index contributed by atoms with van der Waals surface area (Å²) in [5, 5.41) is 0. The molecule has 0 bridgehead atoms. The highest BCUT2D eigenvalue weighted by Crippen LogP contribution is 2.45. The van der Waals surface area contributed by atoms with Gasteiger partial charge in [0.2, 0.25) is 39.3 Å². The Morgan fingerprint density at radius 1 is 0.282 bits per heavy atom. The molecule has 8 aromatic carbocycles. The van der Waals surface area contributed by atoms with E-state index >= 15 is 0 Å². The van der Waals surface area contributed by atoms with Crippen LogP contribution in [0.4, 0.5) is 0 Å². The molecule has 8 aromatic rings. The van der Waals surface area contributed by atoms with Gasteiger partial charge in [-0.15, -0.1) is 0 Å². The lowest BCUT2D eigenvalue weighted by atomic mass is 10.2. The van der Waals surface area contributed by atoms with E-state index in [0.717, 1.165) is 11.1 Å². The van der Waals surface area contributed by atoms with Crippen molar-refractivity contribution >= 4 is 71.3 Å². The lowest BCUT2D eigenvalue weighted by Crippen LogP contribution is -2.13. The summed E-state index contributed by atoms with van der Waals surface area (Å²) in [4.78, 5) is -3.25. The van der Waals surface area contributed by atoms with E-state index in [0.29, 0.717) is 11.8 Å². The molecular formula is C50H42O14S7. The molecule has 0 unspecified atom stereocenters. The van der Waals surface area contributed by atoms with Crippen molar-refractivity contribution in [2.24, 2.45) is 0 Å². The first-order valence-electron chi connectivity index (χ1n) is 20.6. The maximum absolute atomic E-state index is 14.4. The van der Waals surface area contributed by atoms with Crippen molar-refractivity contribution in [3.8, 4) is 0 Å². The molecular weight excluding hydrogens is 1050 g/mol. The molecule has 0 fully saturated rings. The lowest BCUT2D eigenvalue weighted by Gasteiger charge is -2.19. The van der Waals surface area contributed by atoms with Gasteiger partial charge in [-0.3, -0.25) is 9.11 Å². The molecule has 0 aromatic heterocycles. The van der Waals surface area contributed by atoms with Crippen LogP contribution in [0.5, 0.6) is 0 Å². The fraction of sp³-hybridized carbons (Fsp3) is 0.0400. The molecule has 368 valence electrons. The highest BCUT2D eigenvalue weighted by Gasteiger charge is 2.36. The van der Waals surface area contributed by atoms with Gasteiger partial charge >= 0.3 is 0 Å². The average molecular weight is 1090 g/mol. The molecule has 21 heteroatoms. The quantitative estimate of drug-likeness (QED) is 0.108. The van der Waals surface area contributed by atoms with Crippen LogP contribution >= 0.6 is 11.8 Å². The summed E-state index contributed by atoms with van der Waals surface area (Å²) in [7, 11) is -26.0. The molecule has 0 atom stereocenters. The number of rotatable bonds is 12. The van der Waals surface area contributed by atoms with E-state index < -0.39 is 79.2 Å². The van der Waals surface area contributed by atoms with Crippen LogP contribution in [0.25, 0.3) is 0 Å². The number of hydrogen-bond acceptors (Lipinski definition) is 13. The van der Waals surface area contributed by atoms with E-state index in [1.54, 1.807) is 48.5 Å². The topological polar surface area (TPSA) is 245 Å². The van der Waals surface area contributed by atoms with E-state index in [2.05, 4.69) is 0 Å². The maximum Gasteiger partial charge on any atom is 0.294 e. The summed E-state index contributed by atoms with van der Waals surface area (Å²) >= 11 is 0.648. The van der Waals surface area contributed by atoms with Crippen LogP contribution in [0.15, 0.2) is 265 Å². The fourth-order valence-electron chi connectivity index (χ4n) is 6.53. The zero-order chi connectivity index (χ0) is 51.8. The van der Waals surface area contributed by atoms with Crippen molar-refractivity contribution in [2.75, 3.05) is 0 Å². The number of sulfone groups is 4. The highest BCUT2D eigenvalue weighted by molar-refractivity contribution is 8.01. The van der Waals surface area contributed by atoms with E-state index in [1.165, 1.54) is 158 Å². The second-order valence-corrected chi connectivity index (χ2v) is 26.6. The molecule has 0 aliphatic heterocycles. The van der Waals surface area contributed by atoms with Crippen LogP contribution in [0.2, 0.25) is 0 Å². The molecule has 8 rings (SSSR count). The van der Waals surface area contributed by atoms with Crippen molar-refractivity contribution in [3.63, 3.8) is 0 Å². The summed E-state index contributed by atoms with van der Waals surface area (Å²) in [5.41, 5.74) is 1.91. The highest BCUT2D eigenvalue weighted by atomic mass is 32.2. The van der Waals surface area contributed by atoms with Crippen LogP contribution in [0.3, 0.4) is 0 Å². The predicted molar refractivity (Wildman–Crippen MR) is 267 cm³/mol. The second kappa shape index (κ2) is 22.0. The maximum atomic E-state index is 14.4. The van der Waals surface area contributed by atoms with Crippen LogP contribution in [-0.4, -0.2) is 59.6 Å². The first kappa shape index (κ1) is 54.1. The van der Waals surface area contributed by atoms with E-state index in [4.69, 9.17) is 9.11 Å². The van der Waals surface area contributed by atoms with Gasteiger partial charge in [0.05, 0.1) is 39.2 Å². The monoisotopic (exact) mass is 1090 g/mol. The van der Waals surface area contributed by atoms with Gasteiger partial charge in [-0.1, -0.05) is 132 Å². The van der Waals surface area contributed by atoms with Crippen LogP contribution in [-0.2, 0) is 59.6 Å². The zero-order valence-electron chi connectivity index (χ0n) is 37.3. The minimum Gasteiger partial charge on any atom is -0.282 e. The summed E-state index contributed by atoms with van der Waals surface area (Å²) in [6, 6.07) is 49.0. The van der Waals surface area contributed by atoms with Gasteiger partial charge in [-0.05, 0) is 111 Å².